The highest BCUT2D eigenvalue weighted by Crippen LogP contribution is 2.41. The molecule has 3 N–H and O–H groups in total. The third-order valence-corrected chi connectivity index (χ3v) is 5.30. The summed E-state index contributed by atoms with van der Waals surface area (Å²) in [6, 6.07) is 8.56. The van der Waals surface area contributed by atoms with Gasteiger partial charge in [-0.15, -0.1) is 11.3 Å². The fourth-order valence-electron chi connectivity index (χ4n) is 2.74. The van der Waals surface area contributed by atoms with E-state index in [2.05, 4.69) is 41.2 Å². The molecule has 2 heterocycles. The molecule has 0 saturated heterocycles. The van der Waals surface area contributed by atoms with Crippen LogP contribution in [0.25, 0.3) is 11.3 Å². The van der Waals surface area contributed by atoms with E-state index in [1.54, 1.807) is 6.33 Å². The molecular formula is C19H17N3O4S. The molecule has 0 amide bonds. The predicted octanol–water partition coefficient (Wildman–Crippen LogP) is 3.30. The monoisotopic (exact) mass is 383 g/mol. The summed E-state index contributed by atoms with van der Waals surface area (Å²) in [5.41, 5.74) is 5.01. The van der Waals surface area contributed by atoms with E-state index in [0.717, 1.165) is 12.1 Å². The number of benzene rings is 1. The van der Waals surface area contributed by atoms with Gasteiger partial charge >= 0.3 is 11.9 Å². The molecule has 0 spiro atoms. The Kier molecular flexibility index (Phi) is 5.46. The number of aromatic nitrogens is 3. The van der Waals surface area contributed by atoms with Crippen LogP contribution in [0.1, 0.15) is 34.0 Å². The normalized spacial score (nSPS) is 12.8. The van der Waals surface area contributed by atoms with Crippen molar-refractivity contribution in [1.29, 1.82) is 0 Å². The molecule has 0 aliphatic heterocycles. The number of nitrogens with one attached hydrogen (secondary N) is 1. The van der Waals surface area contributed by atoms with Crippen LogP contribution < -0.4 is 0 Å². The summed E-state index contributed by atoms with van der Waals surface area (Å²) in [5.74, 6) is -2.23. The largest absolute Gasteiger partial charge is 0.478 e. The van der Waals surface area contributed by atoms with Crippen LogP contribution in [0.3, 0.4) is 0 Å². The summed E-state index contributed by atoms with van der Waals surface area (Å²) in [6.07, 6.45) is 5.75. The highest BCUT2D eigenvalue weighted by molar-refractivity contribution is 7.12. The van der Waals surface area contributed by atoms with Crippen molar-refractivity contribution in [2.45, 2.75) is 19.3 Å². The Morgan fingerprint density at radius 2 is 1.93 bits per heavy atom. The van der Waals surface area contributed by atoms with E-state index in [1.807, 2.05) is 17.5 Å². The lowest BCUT2D eigenvalue weighted by molar-refractivity contribution is -0.134. The molecule has 7 nitrogen and oxygen atoms in total. The number of hydrogen-bond acceptors (Lipinski definition) is 5. The van der Waals surface area contributed by atoms with Gasteiger partial charge in [0.2, 0.25) is 0 Å². The van der Waals surface area contributed by atoms with E-state index in [0.29, 0.717) is 12.2 Å². The van der Waals surface area contributed by atoms with Crippen LogP contribution in [0.2, 0.25) is 0 Å². The number of imidazole rings is 1. The van der Waals surface area contributed by atoms with Gasteiger partial charge in [0, 0.05) is 46.8 Å². The topological polar surface area (TPSA) is 116 Å². The molecule has 1 aliphatic carbocycles. The number of carboxylic acids is 2. The highest BCUT2D eigenvalue weighted by Gasteiger charge is 2.25. The number of H-pyrrole nitrogens is 1. The summed E-state index contributed by atoms with van der Waals surface area (Å²) in [4.78, 5) is 32.6. The average Bonchev–Trinajstić information content (AvgIpc) is 3.35. The Hall–Kier alpha value is -3.26. The van der Waals surface area contributed by atoms with Gasteiger partial charge in [-0.3, -0.25) is 0 Å². The minimum Gasteiger partial charge on any atom is -0.478 e. The van der Waals surface area contributed by atoms with Crippen LogP contribution in [0, 0.1) is 0 Å². The number of thiazole rings is 1. The molecule has 138 valence electrons. The van der Waals surface area contributed by atoms with Crippen molar-refractivity contribution < 1.29 is 19.8 Å². The second kappa shape index (κ2) is 7.96. The van der Waals surface area contributed by atoms with Crippen molar-refractivity contribution in [3.05, 3.63) is 70.1 Å². The Morgan fingerprint density at radius 3 is 2.56 bits per heavy atom. The van der Waals surface area contributed by atoms with Gasteiger partial charge in [-0.2, -0.15) is 0 Å². The lowest BCUT2D eigenvalue weighted by Gasteiger charge is -2.05. The zero-order valence-electron chi connectivity index (χ0n) is 14.4. The molecule has 4 rings (SSSR count). The molecule has 0 saturated carbocycles. The van der Waals surface area contributed by atoms with Gasteiger partial charge in [-0.1, -0.05) is 31.2 Å². The van der Waals surface area contributed by atoms with Gasteiger partial charge < -0.3 is 15.2 Å². The van der Waals surface area contributed by atoms with Crippen LogP contribution in [0.5, 0.6) is 0 Å². The molecule has 8 heteroatoms. The third-order valence-electron chi connectivity index (χ3n) is 4.06. The Labute approximate surface area is 159 Å². The summed E-state index contributed by atoms with van der Waals surface area (Å²) >= 11 is 1.83. The number of rotatable bonds is 4. The molecule has 1 unspecified atom stereocenters. The number of aliphatic carboxylic acids is 2. The first-order valence-electron chi connectivity index (χ1n) is 8.15. The number of carbonyl (C=O) groups is 2. The molecule has 2 aromatic heterocycles. The summed E-state index contributed by atoms with van der Waals surface area (Å²) in [6.45, 7) is 2.17. The first-order chi connectivity index (χ1) is 13.0. The number of fused-ring (bicyclic) bond motifs is 3. The van der Waals surface area contributed by atoms with Gasteiger partial charge in [0.05, 0.1) is 12.0 Å². The highest BCUT2D eigenvalue weighted by atomic mass is 32.1. The van der Waals surface area contributed by atoms with E-state index in [4.69, 9.17) is 15.2 Å². The molecule has 3 aromatic rings. The van der Waals surface area contributed by atoms with Crippen LogP contribution in [-0.2, 0) is 16.0 Å². The summed E-state index contributed by atoms with van der Waals surface area (Å²) < 4.78 is 0. The number of hydrogen-bond donors (Lipinski definition) is 3. The van der Waals surface area contributed by atoms with E-state index in [9.17, 15) is 9.59 Å². The smallest absolute Gasteiger partial charge is 0.328 e. The van der Waals surface area contributed by atoms with Crippen LogP contribution in [0.4, 0.5) is 0 Å². The Bertz CT molecular complexity index is 976. The molecule has 1 aliphatic rings. The summed E-state index contributed by atoms with van der Waals surface area (Å²) in [5, 5.41) is 16.8. The van der Waals surface area contributed by atoms with Gasteiger partial charge in [-0.05, 0) is 5.56 Å². The van der Waals surface area contributed by atoms with Crippen molar-refractivity contribution >= 4 is 23.3 Å². The van der Waals surface area contributed by atoms with Crippen molar-refractivity contribution in [2.75, 3.05) is 0 Å². The maximum atomic E-state index is 9.55. The maximum Gasteiger partial charge on any atom is 0.328 e. The van der Waals surface area contributed by atoms with Gasteiger partial charge in [-0.25, -0.2) is 19.6 Å². The van der Waals surface area contributed by atoms with E-state index >= 15 is 0 Å². The van der Waals surface area contributed by atoms with E-state index in [1.165, 1.54) is 26.7 Å². The maximum absolute atomic E-state index is 9.55. The molecule has 1 atom stereocenters. The zero-order valence-corrected chi connectivity index (χ0v) is 15.2. The second-order valence-corrected chi connectivity index (χ2v) is 7.01. The number of aromatic amines is 1. The van der Waals surface area contributed by atoms with Crippen molar-refractivity contribution in [3.63, 3.8) is 0 Å². The van der Waals surface area contributed by atoms with Crippen LogP contribution >= 0.6 is 11.3 Å². The Balaban J connectivity index is 0.000000226. The minimum atomic E-state index is -1.26. The SMILES string of the molecule is CC(c1cnc[nH]1)c1nc2c(s1)Cc1ccccc1-2.O=C(O)/C=C/C(=O)O. The third kappa shape index (κ3) is 4.29. The molecule has 1 aromatic carbocycles. The van der Waals surface area contributed by atoms with Crippen LogP contribution in [0.15, 0.2) is 48.9 Å². The van der Waals surface area contributed by atoms with Gasteiger partial charge in [0.1, 0.15) is 5.01 Å². The number of nitrogens with zero attached hydrogens (tertiary/aromatic N) is 2. The van der Waals surface area contributed by atoms with Crippen LogP contribution in [-0.4, -0.2) is 37.1 Å². The Morgan fingerprint density at radius 1 is 1.22 bits per heavy atom. The fourth-order valence-corrected chi connectivity index (χ4v) is 3.92. The standard InChI is InChI=1S/C15H13N3S.C4H4O4/c1-9(12-7-16-8-17-12)15-18-14-11-5-3-2-4-10(11)6-13(14)19-15;5-3(6)1-2-4(7)8/h2-5,7-9H,6H2,1H3,(H,16,17);1-2H,(H,5,6)(H,7,8)/b;2-1+. The average molecular weight is 383 g/mol. The van der Waals surface area contributed by atoms with Gasteiger partial charge in [0.15, 0.2) is 0 Å². The molecule has 27 heavy (non-hydrogen) atoms. The second-order valence-electron chi connectivity index (χ2n) is 5.90. The van der Waals surface area contributed by atoms with E-state index in [-0.39, 0.29) is 5.92 Å². The van der Waals surface area contributed by atoms with E-state index < -0.39 is 11.9 Å². The quantitative estimate of drug-likeness (QED) is 0.466. The molecular weight excluding hydrogens is 366 g/mol. The van der Waals surface area contributed by atoms with Crippen molar-refractivity contribution in [2.24, 2.45) is 0 Å². The molecule has 0 fully saturated rings. The van der Waals surface area contributed by atoms with Crippen molar-refractivity contribution in [1.82, 2.24) is 15.0 Å². The first-order valence-corrected chi connectivity index (χ1v) is 8.97. The lowest BCUT2D eigenvalue weighted by atomic mass is 10.1. The predicted molar refractivity (Wildman–Crippen MR) is 101 cm³/mol. The van der Waals surface area contributed by atoms with Crippen molar-refractivity contribution in [3.8, 4) is 11.3 Å². The molecule has 0 radical (unpaired) electrons. The lowest BCUT2D eigenvalue weighted by Crippen LogP contribution is -1.95. The zero-order chi connectivity index (χ0) is 19.4. The number of carboxylic acid groups (broad SMARTS) is 2. The van der Waals surface area contributed by atoms with Gasteiger partial charge in [0.25, 0.3) is 0 Å². The first kappa shape index (κ1) is 18.5. The fraction of sp³-hybridized carbons (Fsp3) is 0.158. The minimum absolute atomic E-state index is 0.283. The summed E-state index contributed by atoms with van der Waals surface area (Å²) in [7, 11) is 0. The molecule has 0 bridgehead atoms.